The number of hydrogen-bond acceptors (Lipinski definition) is 4. The van der Waals surface area contributed by atoms with Gasteiger partial charge in [0.1, 0.15) is 23.8 Å². The van der Waals surface area contributed by atoms with E-state index in [0.717, 1.165) is 11.4 Å². The van der Waals surface area contributed by atoms with Gasteiger partial charge in [0.25, 0.3) is 5.91 Å². The van der Waals surface area contributed by atoms with Crippen LogP contribution in [0.1, 0.15) is 10.5 Å². The zero-order valence-corrected chi connectivity index (χ0v) is 13.9. The molecule has 0 aliphatic heterocycles. The lowest BCUT2D eigenvalue weighted by Crippen LogP contribution is -2.29. The van der Waals surface area contributed by atoms with Crippen molar-refractivity contribution in [3.05, 3.63) is 72.8 Å². The van der Waals surface area contributed by atoms with Crippen molar-refractivity contribution in [1.82, 2.24) is 14.9 Å². The molecule has 3 aromatic rings. The Hall–Kier alpha value is -3.28. The molecule has 0 bridgehead atoms. The summed E-state index contributed by atoms with van der Waals surface area (Å²) in [5.74, 6) is 1.23. The molecule has 2 aromatic carbocycles. The fourth-order valence-corrected chi connectivity index (χ4v) is 2.37. The van der Waals surface area contributed by atoms with E-state index in [9.17, 15) is 4.79 Å². The summed E-state index contributed by atoms with van der Waals surface area (Å²) in [7, 11) is 1.61. The fraction of sp³-hybridized carbons (Fsp3) is 0.158. The smallest absolute Gasteiger partial charge is 0.270 e. The Bertz CT molecular complexity index is 831. The van der Waals surface area contributed by atoms with Crippen molar-refractivity contribution >= 4 is 5.91 Å². The van der Waals surface area contributed by atoms with Gasteiger partial charge in [0.2, 0.25) is 0 Å². The first-order valence-electron chi connectivity index (χ1n) is 7.91. The number of nitrogens with one attached hydrogen (secondary N) is 1. The van der Waals surface area contributed by atoms with E-state index in [1.165, 1.54) is 0 Å². The quantitative estimate of drug-likeness (QED) is 0.673. The summed E-state index contributed by atoms with van der Waals surface area (Å²) in [6.07, 6.45) is 3.17. The largest absolute Gasteiger partial charge is 0.497 e. The summed E-state index contributed by atoms with van der Waals surface area (Å²) in [6, 6.07) is 16.9. The molecule has 25 heavy (non-hydrogen) atoms. The highest BCUT2D eigenvalue weighted by Gasteiger charge is 2.12. The van der Waals surface area contributed by atoms with Crippen LogP contribution in [0.25, 0.3) is 5.69 Å². The molecule has 3 rings (SSSR count). The molecule has 0 saturated carbocycles. The summed E-state index contributed by atoms with van der Waals surface area (Å²) in [4.78, 5) is 16.4. The number of rotatable bonds is 7. The van der Waals surface area contributed by atoms with Crippen molar-refractivity contribution in [2.24, 2.45) is 0 Å². The maximum absolute atomic E-state index is 12.4. The molecule has 128 valence electrons. The first-order chi connectivity index (χ1) is 12.3. The van der Waals surface area contributed by atoms with Gasteiger partial charge in [0, 0.05) is 11.8 Å². The summed E-state index contributed by atoms with van der Waals surface area (Å²) in [6.45, 7) is 0.744. The lowest BCUT2D eigenvalue weighted by atomic mass is 10.3. The Morgan fingerprint density at radius 3 is 2.72 bits per heavy atom. The van der Waals surface area contributed by atoms with Gasteiger partial charge < -0.3 is 14.8 Å². The Kier molecular flexibility index (Phi) is 5.31. The minimum Gasteiger partial charge on any atom is -0.497 e. The lowest BCUT2D eigenvalue weighted by Gasteiger charge is -2.10. The number of carbonyl (C=O) groups is 1. The average Bonchev–Trinajstić information content (AvgIpc) is 3.16. The molecule has 6 nitrogen and oxygen atoms in total. The normalized spacial score (nSPS) is 10.3. The Labute approximate surface area is 146 Å². The second kappa shape index (κ2) is 8.01. The van der Waals surface area contributed by atoms with Crippen LogP contribution in [0.3, 0.4) is 0 Å². The maximum atomic E-state index is 12.4. The summed E-state index contributed by atoms with van der Waals surface area (Å²) in [5.41, 5.74) is 1.37. The van der Waals surface area contributed by atoms with E-state index in [0.29, 0.717) is 24.6 Å². The van der Waals surface area contributed by atoms with Crippen molar-refractivity contribution in [1.29, 1.82) is 0 Å². The SMILES string of the molecule is COc1cccc(OCCNC(=O)c2cncn2-c2ccccc2)c1. The van der Waals surface area contributed by atoms with Crippen molar-refractivity contribution in [2.75, 3.05) is 20.3 Å². The van der Waals surface area contributed by atoms with Crippen molar-refractivity contribution in [3.63, 3.8) is 0 Å². The third-order valence-corrected chi connectivity index (χ3v) is 3.60. The number of imidazole rings is 1. The highest BCUT2D eigenvalue weighted by molar-refractivity contribution is 5.92. The minimum absolute atomic E-state index is 0.199. The molecule has 1 heterocycles. The van der Waals surface area contributed by atoms with Gasteiger partial charge in [-0.2, -0.15) is 0 Å². The summed E-state index contributed by atoms with van der Waals surface area (Å²) < 4.78 is 12.5. The van der Waals surface area contributed by atoms with E-state index < -0.39 is 0 Å². The van der Waals surface area contributed by atoms with E-state index in [1.54, 1.807) is 30.3 Å². The molecule has 0 saturated heterocycles. The molecule has 0 spiro atoms. The molecule has 0 fully saturated rings. The number of aromatic nitrogens is 2. The predicted octanol–water partition coefficient (Wildman–Crippen LogP) is 2.69. The maximum Gasteiger partial charge on any atom is 0.270 e. The molecule has 0 aliphatic carbocycles. The summed E-state index contributed by atoms with van der Waals surface area (Å²) >= 11 is 0. The third kappa shape index (κ3) is 4.17. The van der Waals surface area contributed by atoms with Gasteiger partial charge in [-0.15, -0.1) is 0 Å². The average molecular weight is 337 g/mol. The molecular formula is C19H19N3O3. The number of para-hydroxylation sites is 1. The zero-order chi connectivity index (χ0) is 17.5. The number of ether oxygens (including phenoxy) is 2. The molecule has 0 unspecified atom stereocenters. The van der Waals surface area contributed by atoms with Gasteiger partial charge in [0.05, 0.1) is 26.2 Å². The third-order valence-electron chi connectivity index (χ3n) is 3.60. The van der Waals surface area contributed by atoms with Crippen LogP contribution in [0.15, 0.2) is 67.1 Å². The fourth-order valence-electron chi connectivity index (χ4n) is 2.37. The second-order valence-corrected chi connectivity index (χ2v) is 5.27. The van der Waals surface area contributed by atoms with Gasteiger partial charge in [-0.3, -0.25) is 9.36 Å². The molecule has 1 N–H and O–H groups in total. The van der Waals surface area contributed by atoms with Crippen LogP contribution < -0.4 is 14.8 Å². The Balaban J connectivity index is 1.54. The lowest BCUT2D eigenvalue weighted by molar-refractivity contribution is 0.0940. The van der Waals surface area contributed by atoms with Crippen LogP contribution in [-0.4, -0.2) is 35.7 Å². The van der Waals surface area contributed by atoms with Crippen molar-refractivity contribution in [3.8, 4) is 17.2 Å². The Morgan fingerprint density at radius 1 is 1.12 bits per heavy atom. The van der Waals surface area contributed by atoms with Crippen LogP contribution in [0, 0.1) is 0 Å². The van der Waals surface area contributed by atoms with E-state index >= 15 is 0 Å². The number of hydrogen-bond donors (Lipinski definition) is 1. The number of carbonyl (C=O) groups excluding carboxylic acids is 1. The summed E-state index contributed by atoms with van der Waals surface area (Å²) in [5, 5.41) is 2.84. The van der Waals surface area contributed by atoms with Crippen molar-refractivity contribution in [2.45, 2.75) is 0 Å². The van der Waals surface area contributed by atoms with E-state index in [2.05, 4.69) is 10.3 Å². The highest BCUT2D eigenvalue weighted by Crippen LogP contribution is 2.18. The molecular weight excluding hydrogens is 318 g/mol. The first-order valence-corrected chi connectivity index (χ1v) is 7.91. The molecule has 0 aliphatic rings. The van der Waals surface area contributed by atoms with Gasteiger partial charge in [-0.1, -0.05) is 24.3 Å². The minimum atomic E-state index is -0.199. The van der Waals surface area contributed by atoms with E-state index in [1.807, 2.05) is 48.5 Å². The molecule has 1 amide bonds. The topological polar surface area (TPSA) is 65.4 Å². The van der Waals surface area contributed by atoms with E-state index in [4.69, 9.17) is 9.47 Å². The number of benzene rings is 2. The van der Waals surface area contributed by atoms with Gasteiger partial charge in [0.15, 0.2) is 0 Å². The second-order valence-electron chi connectivity index (χ2n) is 5.27. The highest BCUT2D eigenvalue weighted by atomic mass is 16.5. The molecule has 6 heteroatoms. The van der Waals surface area contributed by atoms with Gasteiger partial charge in [-0.05, 0) is 24.3 Å². The standard InChI is InChI=1S/C19H19N3O3/c1-24-16-8-5-9-17(12-16)25-11-10-21-19(23)18-13-20-14-22(18)15-6-3-2-4-7-15/h2-9,12-14H,10-11H2,1H3,(H,21,23). The van der Waals surface area contributed by atoms with Crippen molar-refractivity contribution < 1.29 is 14.3 Å². The van der Waals surface area contributed by atoms with E-state index in [-0.39, 0.29) is 5.91 Å². The molecule has 0 atom stereocenters. The number of amides is 1. The number of methoxy groups -OCH3 is 1. The first kappa shape index (κ1) is 16.6. The predicted molar refractivity (Wildman–Crippen MR) is 94.4 cm³/mol. The Morgan fingerprint density at radius 2 is 1.92 bits per heavy atom. The monoisotopic (exact) mass is 337 g/mol. The van der Waals surface area contributed by atoms with Gasteiger partial charge in [-0.25, -0.2) is 4.98 Å². The van der Waals surface area contributed by atoms with Crippen LogP contribution in [0.2, 0.25) is 0 Å². The van der Waals surface area contributed by atoms with Crippen LogP contribution >= 0.6 is 0 Å². The van der Waals surface area contributed by atoms with Crippen LogP contribution in [-0.2, 0) is 0 Å². The van der Waals surface area contributed by atoms with Crippen LogP contribution in [0.5, 0.6) is 11.5 Å². The number of nitrogens with zero attached hydrogens (tertiary/aromatic N) is 2. The van der Waals surface area contributed by atoms with Crippen LogP contribution in [0.4, 0.5) is 0 Å². The zero-order valence-electron chi connectivity index (χ0n) is 13.9. The molecule has 1 aromatic heterocycles. The van der Waals surface area contributed by atoms with Gasteiger partial charge >= 0.3 is 0 Å². The molecule has 0 radical (unpaired) electrons.